The number of hydrogen-bond donors (Lipinski definition) is 2. The van der Waals surface area contributed by atoms with Crippen molar-refractivity contribution in [1.82, 2.24) is 20.2 Å². The van der Waals surface area contributed by atoms with E-state index in [0.717, 1.165) is 12.8 Å². The largest absolute Gasteiger partial charge is 0.488 e. The van der Waals surface area contributed by atoms with Crippen molar-refractivity contribution in [2.45, 2.75) is 32.1 Å². The molecule has 2 fully saturated rings. The van der Waals surface area contributed by atoms with E-state index in [9.17, 15) is 22.4 Å². The standard InChI is InChI=1S/C20H24FN5O5S/c21-15-7-6-14-17(18(15)31-11-13-4-5-13)22-12-23-19(14)25-32(29,30)9-3-1-2-8-26-10-16(27)24-20(26)28/h6-7,12-13H,1-5,8-11H2,(H,22,23,25)(H,24,27,28). The number of carbonyl (C=O) groups excluding carboxylic acids is 2. The van der Waals surface area contributed by atoms with Crippen LogP contribution in [0.3, 0.4) is 0 Å². The van der Waals surface area contributed by atoms with Gasteiger partial charge in [-0.15, -0.1) is 0 Å². The van der Waals surface area contributed by atoms with Gasteiger partial charge in [-0.25, -0.2) is 27.6 Å². The molecule has 1 aromatic heterocycles. The Kier molecular flexibility index (Phi) is 6.40. The maximum atomic E-state index is 14.3. The molecule has 0 radical (unpaired) electrons. The van der Waals surface area contributed by atoms with E-state index in [1.54, 1.807) is 0 Å². The van der Waals surface area contributed by atoms with Crippen molar-refractivity contribution in [3.8, 4) is 5.75 Å². The number of benzene rings is 1. The summed E-state index contributed by atoms with van der Waals surface area (Å²) in [6, 6.07) is 2.22. The molecule has 10 nitrogen and oxygen atoms in total. The molecule has 2 heterocycles. The number of imide groups is 1. The van der Waals surface area contributed by atoms with Gasteiger partial charge in [0.1, 0.15) is 18.4 Å². The lowest BCUT2D eigenvalue weighted by molar-refractivity contribution is -0.118. The number of ether oxygens (including phenoxy) is 1. The van der Waals surface area contributed by atoms with Gasteiger partial charge in [0, 0.05) is 11.9 Å². The number of aromatic nitrogens is 2. The lowest BCUT2D eigenvalue weighted by atomic mass is 10.2. The summed E-state index contributed by atoms with van der Waals surface area (Å²) < 4.78 is 47.4. The van der Waals surface area contributed by atoms with Crippen molar-refractivity contribution in [3.05, 3.63) is 24.3 Å². The summed E-state index contributed by atoms with van der Waals surface area (Å²) in [7, 11) is -3.71. The van der Waals surface area contributed by atoms with Crippen LogP contribution in [0.5, 0.6) is 5.75 Å². The summed E-state index contributed by atoms with van der Waals surface area (Å²) >= 11 is 0. The second-order valence-electron chi connectivity index (χ2n) is 8.01. The molecule has 1 aliphatic heterocycles. The number of nitrogens with one attached hydrogen (secondary N) is 2. The highest BCUT2D eigenvalue weighted by molar-refractivity contribution is 7.92. The van der Waals surface area contributed by atoms with Gasteiger partial charge in [-0.3, -0.25) is 14.8 Å². The van der Waals surface area contributed by atoms with Crippen LogP contribution >= 0.6 is 0 Å². The van der Waals surface area contributed by atoms with Crippen LogP contribution in [0.4, 0.5) is 15.0 Å². The Bertz CT molecular complexity index is 1140. The highest BCUT2D eigenvalue weighted by atomic mass is 32.2. The van der Waals surface area contributed by atoms with Gasteiger partial charge in [0.05, 0.1) is 12.4 Å². The molecule has 0 unspecified atom stereocenters. The first kappa shape index (κ1) is 22.2. The maximum absolute atomic E-state index is 14.3. The van der Waals surface area contributed by atoms with Gasteiger partial charge < -0.3 is 9.64 Å². The molecule has 1 aliphatic carbocycles. The third-order valence-electron chi connectivity index (χ3n) is 5.33. The molecular formula is C20H24FN5O5S. The Morgan fingerprint density at radius 1 is 1.19 bits per heavy atom. The molecule has 2 aliphatic rings. The summed E-state index contributed by atoms with van der Waals surface area (Å²) in [5, 5.41) is 2.55. The normalized spacial score (nSPS) is 16.5. The zero-order valence-electron chi connectivity index (χ0n) is 17.3. The fourth-order valence-electron chi connectivity index (χ4n) is 3.42. The molecule has 1 aromatic carbocycles. The molecule has 0 spiro atoms. The lowest BCUT2D eigenvalue weighted by Gasteiger charge is -2.13. The minimum Gasteiger partial charge on any atom is -0.488 e. The third kappa shape index (κ3) is 5.42. The number of amides is 3. The smallest absolute Gasteiger partial charge is 0.324 e. The number of nitrogens with zero attached hydrogens (tertiary/aromatic N) is 3. The van der Waals surface area contributed by atoms with Crippen LogP contribution in [0, 0.1) is 11.7 Å². The van der Waals surface area contributed by atoms with Crippen molar-refractivity contribution in [1.29, 1.82) is 0 Å². The van der Waals surface area contributed by atoms with Gasteiger partial charge in [0.15, 0.2) is 17.4 Å². The number of rotatable bonds is 11. The zero-order valence-corrected chi connectivity index (χ0v) is 18.2. The summed E-state index contributed by atoms with van der Waals surface area (Å²) in [5.74, 6) is -0.542. The Morgan fingerprint density at radius 3 is 2.72 bits per heavy atom. The average molecular weight is 466 g/mol. The second kappa shape index (κ2) is 9.23. The van der Waals surface area contributed by atoms with Crippen molar-refractivity contribution < 1.29 is 27.1 Å². The molecule has 2 N–H and O–H groups in total. The van der Waals surface area contributed by atoms with Crippen molar-refractivity contribution in [2.75, 3.05) is 30.2 Å². The fraction of sp³-hybridized carbons (Fsp3) is 0.500. The molecule has 1 saturated carbocycles. The number of carbonyl (C=O) groups is 2. The van der Waals surface area contributed by atoms with Crippen LogP contribution in [0.2, 0.25) is 0 Å². The van der Waals surface area contributed by atoms with Gasteiger partial charge >= 0.3 is 6.03 Å². The first-order valence-electron chi connectivity index (χ1n) is 10.5. The fourth-order valence-corrected chi connectivity index (χ4v) is 4.56. The molecule has 172 valence electrons. The number of halogens is 1. The Balaban J connectivity index is 1.35. The quantitative estimate of drug-likeness (QED) is 0.383. The number of hydrogen-bond acceptors (Lipinski definition) is 7. The van der Waals surface area contributed by atoms with Crippen molar-refractivity contribution in [2.24, 2.45) is 5.92 Å². The molecular weight excluding hydrogens is 441 g/mol. The van der Waals surface area contributed by atoms with Gasteiger partial charge in [0.2, 0.25) is 15.9 Å². The van der Waals surface area contributed by atoms with Crippen LogP contribution in [0.15, 0.2) is 18.5 Å². The maximum Gasteiger partial charge on any atom is 0.324 e. The molecule has 4 rings (SSSR count). The highest BCUT2D eigenvalue weighted by Crippen LogP contribution is 2.34. The van der Waals surface area contributed by atoms with E-state index in [0.29, 0.717) is 43.7 Å². The Labute approximate surface area is 184 Å². The number of unbranched alkanes of at least 4 members (excludes halogenated alkanes) is 2. The van der Waals surface area contributed by atoms with Crippen molar-refractivity contribution >= 4 is 38.7 Å². The summed E-state index contributed by atoms with van der Waals surface area (Å²) in [5.41, 5.74) is 0.219. The van der Waals surface area contributed by atoms with Gasteiger partial charge in [-0.05, 0) is 43.7 Å². The number of fused-ring (bicyclic) bond motifs is 1. The monoisotopic (exact) mass is 465 g/mol. The number of urea groups is 1. The molecule has 12 heteroatoms. The summed E-state index contributed by atoms with van der Waals surface area (Å²) in [6.45, 7) is 0.817. The molecule has 2 aromatic rings. The third-order valence-corrected chi connectivity index (χ3v) is 6.66. The molecule has 1 saturated heterocycles. The van der Waals surface area contributed by atoms with Crippen LogP contribution in [0.25, 0.3) is 10.9 Å². The van der Waals surface area contributed by atoms with E-state index in [4.69, 9.17) is 4.74 Å². The van der Waals surface area contributed by atoms with Crippen molar-refractivity contribution in [3.63, 3.8) is 0 Å². The number of anilines is 1. The Morgan fingerprint density at radius 2 is 2.00 bits per heavy atom. The highest BCUT2D eigenvalue weighted by Gasteiger charge is 2.26. The second-order valence-corrected chi connectivity index (χ2v) is 9.85. The van der Waals surface area contributed by atoms with Gasteiger partial charge in [-0.1, -0.05) is 6.42 Å². The average Bonchev–Trinajstić information content (AvgIpc) is 3.50. The molecule has 0 atom stereocenters. The van der Waals surface area contributed by atoms with Crippen LogP contribution in [0.1, 0.15) is 32.1 Å². The van der Waals surface area contributed by atoms with E-state index in [1.807, 2.05) is 0 Å². The first-order valence-corrected chi connectivity index (χ1v) is 12.1. The lowest BCUT2D eigenvalue weighted by Crippen LogP contribution is -2.29. The summed E-state index contributed by atoms with van der Waals surface area (Å²) in [4.78, 5) is 32.2. The van der Waals surface area contributed by atoms with E-state index in [2.05, 4.69) is 20.0 Å². The van der Waals surface area contributed by atoms with E-state index in [1.165, 1.54) is 23.4 Å². The van der Waals surface area contributed by atoms with Crippen LogP contribution in [-0.2, 0) is 14.8 Å². The SMILES string of the molecule is O=C1CN(CCCCCS(=O)(=O)Nc2ncnc3c(OCC4CC4)c(F)ccc23)C(=O)N1. The zero-order chi connectivity index (χ0) is 22.7. The predicted octanol–water partition coefficient (Wildman–Crippen LogP) is 2.02. The Hall–Kier alpha value is -3.02. The molecule has 0 bridgehead atoms. The van der Waals surface area contributed by atoms with Gasteiger partial charge in [-0.2, -0.15) is 0 Å². The topological polar surface area (TPSA) is 131 Å². The molecule has 3 amide bonds. The first-order chi connectivity index (χ1) is 15.3. The van der Waals surface area contributed by atoms with E-state index in [-0.39, 0.29) is 35.3 Å². The van der Waals surface area contributed by atoms with Gasteiger partial charge in [0.25, 0.3) is 0 Å². The number of sulfonamides is 1. The van der Waals surface area contributed by atoms with E-state index >= 15 is 0 Å². The minimum absolute atomic E-state index is 0.00155. The van der Waals surface area contributed by atoms with Crippen LogP contribution in [-0.4, -0.2) is 60.7 Å². The predicted molar refractivity (Wildman–Crippen MR) is 114 cm³/mol. The minimum atomic E-state index is -3.71. The van der Waals surface area contributed by atoms with Crippen LogP contribution < -0.4 is 14.8 Å². The van der Waals surface area contributed by atoms with E-state index < -0.39 is 21.9 Å². The summed E-state index contributed by atoms with van der Waals surface area (Å²) in [6.07, 6.45) is 4.78. The molecule has 32 heavy (non-hydrogen) atoms.